The summed E-state index contributed by atoms with van der Waals surface area (Å²) in [5.74, 6) is -0.198. The Labute approximate surface area is 181 Å². The van der Waals surface area contributed by atoms with Crippen LogP contribution in [0.25, 0.3) is 0 Å². The number of anilines is 1. The maximum absolute atomic E-state index is 13.0. The number of benzene rings is 2. The van der Waals surface area contributed by atoms with Crippen LogP contribution in [0.2, 0.25) is 0 Å². The number of nitrogens with one attached hydrogen (secondary N) is 1. The van der Waals surface area contributed by atoms with Gasteiger partial charge in [0.25, 0.3) is 0 Å². The summed E-state index contributed by atoms with van der Waals surface area (Å²) in [4.78, 5) is 13.3. The number of carbonyl (C=O) groups excluding carboxylic acids is 1. The van der Waals surface area contributed by atoms with E-state index in [1.54, 1.807) is 24.3 Å². The maximum Gasteiger partial charge on any atom is 0.243 e. The zero-order valence-electron chi connectivity index (χ0n) is 17.0. The van der Waals surface area contributed by atoms with Crippen molar-refractivity contribution in [2.75, 3.05) is 18.4 Å². The molecule has 156 valence electrons. The van der Waals surface area contributed by atoms with Crippen LogP contribution in [0.15, 0.2) is 51.8 Å². The predicted octanol–water partition coefficient (Wildman–Crippen LogP) is 4.92. The molecule has 0 aliphatic carbocycles. The van der Waals surface area contributed by atoms with Gasteiger partial charge in [0.05, 0.1) is 10.8 Å². The van der Waals surface area contributed by atoms with E-state index in [0.29, 0.717) is 19.4 Å². The van der Waals surface area contributed by atoms with Gasteiger partial charge in [-0.15, -0.1) is 0 Å². The first-order valence-corrected chi connectivity index (χ1v) is 12.1. The third-order valence-corrected chi connectivity index (χ3v) is 7.79. The van der Waals surface area contributed by atoms with E-state index < -0.39 is 10.0 Å². The van der Waals surface area contributed by atoms with Crippen molar-refractivity contribution in [2.24, 2.45) is 5.92 Å². The molecule has 0 unspecified atom stereocenters. The number of piperidine rings is 1. The molecular weight excluding hydrogens is 452 g/mol. The third-order valence-electron chi connectivity index (χ3n) is 5.38. The number of rotatable bonds is 5. The zero-order chi connectivity index (χ0) is 21.2. The summed E-state index contributed by atoms with van der Waals surface area (Å²) in [6, 6.07) is 12.6. The molecule has 0 saturated carbocycles. The molecule has 0 bridgehead atoms. The summed E-state index contributed by atoms with van der Waals surface area (Å²) in [6.45, 7) is 6.80. The number of sulfonamides is 1. The van der Waals surface area contributed by atoms with Crippen LogP contribution in [0.3, 0.4) is 0 Å². The number of nitrogens with zero attached hydrogens (tertiary/aromatic N) is 1. The average Bonchev–Trinajstić information content (AvgIpc) is 2.69. The molecule has 7 heteroatoms. The van der Waals surface area contributed by atoms with Gasteiger partial charge in [0.2, 0.25) is 15.9 Å². The Morgan fingerprint density at radius 2 is 1.86 bits per heavy atom. The number of amides is 1. The van der Waals surface area contributed by atoms with Crippen LogP contribution in [-0.4, -0.2) is 31.7 Å². The fourth-order valence-electron chi connectivity index (χ4n) is 3.70. The molecule has 0 spiro atoms. The van der Waals surface area contributed by atoms with Crippen LogP contribution in [0.1, 0.15) is 43.7 Å². The van der Waals surface area contributed by atoms with Crippen LogP contribution in [0, 0.1) is 12.8 Å². The van der Waals surface area contributed by atoms with Crippen LogP contribution in [0.5, 0.6) is 0 Å². The number of halogens is 1. The molecule has 3 rings (SSSR count). The highest BCUT2D eigenvalue weighted by Crippen LogP contribution is 2.30. The third kappa shape index (κ3) is 4.90. The minimum atomic E-state index is -3.62. The first-order valence-electron chi connectivity index (χ1n) is 9.86. The Balaban J connectivity index is 1.78. The van der Waals surface area contributed by atoms with Crippen molar-refractivity contribution < 1.29 is 13.2 Å². The largest absolute Gasteiger partial charge is 0.325 e. The highest BCUT2D eigenvalue weighted by molar-refractivity contribution is 9.10. The van der Waals surface area contributed by atoms with Gasteiger partial charge in [-0.25, -0.2) is 8.42 Å². The Morgan fingerprint density at radius 3 is 2.52 bits per heavy atom. The minimum absolute atomic E-state index is 0.114. The lowest BCUT2D eigenvalue weighted by Crippen LogP contribution is -2.43. The maximum atomic E-state index is 13.0. The second kappa shape index (κ2) is 8.98. The van der Waals surface area contributed by atoms with Crippen molar-refractivity contribution in [3.05, 3.63) is 58.1 Å². The van der Waals surface area contributed by atoms with E-state index in [1.165, 1.54) is 4.31 Å². The zero-order valence-corrected chi connectivity index (χ0v) is 19.4. The standard InChI is InChI=1S/C22H27BrN2O3S/c1-15(2)20-8-4-6-16(3)21(20)24-22(26)17-7-5-13-25(14-17)29(27,28)19-11-9-18(23)10-12-19/h4,6,8-12,15,17H,5,7,13-14H2,1-3H3,(H,24,26)/t17-/m0/s1. The van der Waals surface area contributed by atoms with Crippen molar-refractivity contribution >= 4 is 37.5 Å². The Kier molecular flexibility index (Phi) is 6.81. The molecule has 0 radical (unpaired) electrons. The van der Waals surface area contributed by atoms with Crippen LogP contribution < -0.4 is 5.32 Å². The summed E-state index contributed by atoms with van der Waals surface area (Å²) in [7, 11) is -3.62. The van der Waals surface area contributed by atoms with E-state index in [9.17, 15) is 13.2 Å². The summed E-state index contributed by atoms with van der Waals surface area (Å²) in [5.41, 5.74) is 2.95. The normalized spacial score (nSPS) is 18.0. The van der Waals surface area contributed by atoms with E-state index in [2.05, 4.69) is 35.1 Å². The number of hydrogen-bond acceptors (Lipinski definition) is 3. The van der Waals surface area contributed by atoms with Crippen LogP contribution in [0.4, 0.5) is 5.69 Å². The molecule has 5 nitrogen and oxygen atoms in total. The molecule has 1 heterocycles. The van der Waals surface area contributed by atoms with E-state index >= 15 is 0 Å². The second-order valence-corrected chi connectivity index (χ2v) is 10.7. The first-order chi connectivity index (χ1) is 13.7. The highest BCUT2D eigenvalue weighted by atomic mass is 79.9. The molecule has 1 atom stereocenters. The molecule has 1 aliphatic rings. The Hall–Kier alpha value is -1.70. The number of carbonyl (C=O) groups is 1. The van der Waals surface area contributed by atoms with Crippen LogP contribution >= 0.6 is 15.9 Å². The minimum Gasteiger partial charge on any atom is -0.325 e. The van der Waals surface area contributed by atoms with E-state index in [0.717, 1.165) is 21.3 Å². The lowest BCUT2D eigenvalue weighted by atomic mass is 9.95. The summed E-state index contributed by atoms with van der Waals surface area (Å²) in [6.07, 6.45) is 1.35. The molecule has 1 fully saturated rings. The predicted molar refractivity (Wildman–Crippen MR) is 120 cm³/mol. The summed E-state index contributed by atoms with van der Waals surface area (Å²) < 4.78 is 28.3. The quantitative estimate of drug-likeness (QED) is 0.662. The van der Waals surface area contributed by atoms with Gasteiger partial charge in [-0.2, -0.15) is 4.31 Å². The monoisotopic (exact) mass is 478 g/mol. The van der Waals surface area contributed by atoms with Gasteiger partial charge in [0.15, 0.2) is 0 Å². The average molecular weight is 479 g/mol. The van der Waals surface area contributed by atoms with Gasteiger partial charge in [-0.1, -0.05) is 48.0 Å². The molecule has 1 aliphatic heterocycles. The van der Waals surface area contributed by atoms with Crippen molar-refractivity contribution in [3.63, 3.8) is 0 Å². The first kappa shape index (κ1) is 22.0. The van der Waals surface area contributed by atoms with E-state index in [4.69, 9.17) is 0 Å². The van der Waals surface area contributed by atoms with Crippen molar-refractivity contribution in [1.29, 1.82) is 0 Å². The van der Waals surface area contributed by atoms with E-state index in [-0.39, 0.29) is 29.2 Å². The lowest BCUT2D eigenvalue weighted by Gasteiger charge is -2.31. The van der Waals surface area contributed by atoms with Crippen molar-refractivity contribution in [3.8, 4) is 0 Å². The van der Waals surface area contributed by atoms with Crippen molar-refractivity contribution in [2.45, 2.75) is 44.4 Å². The number of hydrogen-bond donors (Lipinski definition) is 1. The fourth-order valence-corrected chi connectivity index (χ4v) is 5.49. The number of aryl methyl sites for hydroxylation is 1. The molecule has 2 aromatic rings. The lowest BCUT2D eigenvalue weighted by molar-refractivity contribution is -0.120. The van der Waals surface area contributed by atoms with E-state index in [1.807, 2.05) is 25.1 Å². The molecular formula is C22H27BrN2O3S. The Morgan fingerprint density at radius 1 is 1.17 bits per heavy atom. The van der Waals surface area contributed by atoms with Gasteiger partial charge in [-0.05, 0) is 61.1 Å². The van der Waals surface area contributed by atoms with Gasteiger partial charge in [0.1, 0.15) is 0 Å². The van der Waals surface area contributed by atoms with Gasteiger partial charge < -0.3 is 5.32 Å². The molecule has 1 N–H and O–H groups in total. The fraction of sp³-hybridized carbons (Fsp3) is 0.409. The summed E-state index contributed by atoms with van der Waals surface area (Å²) >= 11 is 3.33. The smallest absolute Gasteiger partial charge is 0.243 e. The molecule has 1 saturated heterocycles. The topological polar surface area (TPSA) is 66.5 Å². The van der Waals surface area contributed by atoms with Gasteiger partial charge in [-0.3, -0.25) is 4.79 Å². The molecule has 1 amide bonds. The molecule has 0 aromatic heterocycles. The van der Waals surface area contributed by atoms with Gasteiger partial charge in [0, 0.05) is 23.2 Å². The SMILES string of the molecule is Cc1cccc(C(C)C)c1NC(=O)[C@H]1CCCN(S(=O)(=O)c2ccc(Br)cc2)C1. The van der Waals surface area contributed by atoms with Crippen LogP contribution in [-0.2, 0) is 14.8 Å². The molecule has 2 aromatic carbocycles. The number of para-hydroxylation sites is 1. The van der Waals surface area contributed by atoms with Gasteiger partial charge >= 0.3 is 0 Å². The Bertz CT molecular complexity index is 988. The molecule has 29 heavy (non-hydrogen) atoms. The van der Waals surface area contributed by atoms with Crippen molar-refractivity contribution in [1.82, 2.24) is 4.31 Å². The second-order valence-electron chi connectivity index (χ2n) is 7.84. The summed E-state index contributed by atoms with van der Waals surface area (Å²) in [5, 5.41) is 3.08. The highest BCUT2D eigenvalue weighted by Gasteiger charge is 2.33.